The van der Waals surface area contributed by atoms with Crippen molar-refractivity contribution in [3.8, 4) is 11.5 Å². The number of amides is 1. The topological polar surface area (TPSA) is 82.5 Å². The van der Waals surface area contributed by atoms with Gasteiger partial charge >= 0.3 is 0 Å². The molecule has 0 saturated carbocycles. The maximum absolute atomic E-state index is 12.6. The van der Waals surface area contributed by atoms with E-state index < -0.39 is 5.91 Å². The van der Waals surface area contributed by atoms with Crippen molar-refractivity contribution in [1.82, 2.24) is 9.78 Å². The molecular formula is C21H19N3O4. The molecule has 1 aliphatic rings. The van der Waals surface area contributed by atoms with Crippen molar-refractivity contribution in [3.05, 3.63) is 82.3 Å². The normalized spacial score (nSPS) is 12.9. The fraction of sp³-hybridized carbons (Fsp3) is 0.190. The van der Waals surface area contributed by atoms with Gasteiger partial charge in [0.2, 0.25) is 0 Å². The number of rotatable bonds is 4. The second kappa shape index (κ2) is 7.96. The van der Waals surface area contributed by atoms with Crippen LogP contribution in [-0.2, 0) is 6.54 Å². The first-order chi connectivity index (χ1) is 13.7. The van der Waals surface area contributed by atoms with E-state index in [-0.39, 0.29) is 11.3 Å². The minimum Gasteiger partial charge on any atom is -0.490 e. The van der Waals surface area contributed by atoms with Crippen LogP contribution in [0.25, 0.3) is 0 Å². The van der Waals surface area contributed by atoms with Gasteiger partial charge in [0.05, 0.1) is 19.8 Å². The molecule has 4 rings (SSSR count). The molecule has 2 aromatic carbocycles. The van der Waals surface area contributed by atoms with Crippen LogP contribution in [0.3, 0.4) is 0 Å². The van der Waals surface area contributed by atoms with Gasteiger partial charge in [-0.15, -0.1) is 0 Å². The highest BCUT2D eigenvalue weighted by molar-refractivity contribution is 6.02. The van der Waals surface area contributed by atoms with Gasteiger partial charge in [-0.05, 0) is 23.8 Å². The quantitative estimate of drug-likeness (QED) is 0.756. The van der Waals surface area contributed by atoms with E-state index in [1.165, 1.54) is 16.8 Å². The summed E-state index contributed by atoms with van der Waals surface area (Å²) in [6.07, 6.45) is 0.809. The Morgan fingerprint density at radius 1 is 1.00 bits per heavy atom. The summed E-state index contributed by atoms with van der Waals surface area (Å²) in [5.74, 6) is 0.846. The van der Waals surface area contributed by atoms with Gasteiger partial charge in [-0.1, -0.05) is 30.3 Å². The Bertz CT molecular complexity index is 1050. The average molecular weight is 377 g/mol. The van der Waals surface area contributed by atoms with Crippen LogP contribution in [0.5, 0.6) is 11.5 Å². The maximum atomic E-state index is 12.6. The van der Waals surface area contributed by atoms with Crippen LogP contribution in [0.4, 0.5) is 5.69 Å². The van der Waals surface area contributed by atoms with Crippen molar-refractivity contribution in [1.29, 1.82) is 0 Å². The van der Waals surface area contributed by atoms with Gasteiger partial charge in [-0.3, -0.25) is 9.59 Å². The molecule has 0 spiro atoms. The van der Waals surface area contributed by atoms with Crippen LogP contribution in [0, 0.1) is 0 Å². The van der Waals surface area contributed by atoms with Gasteiger partial charge < -0.3 is 14.8 Å². The lowest BCUT2D eigenvalue weighted by atomic mass is 10.2. The molecule has 1 aromatic heterocycles. The van der Waals surface area contributed by atoms with E-state index in [1.54, 1.807) is 18.2 Å². The molecule has 0 radical (unpaired) electrons. The lowest BCUT2D eigenvalue weighted by Gasteiger charge is -2.11. The highest BCUT2D eigenvalue weighted by Gasteiger charge is 2.14. The second-order valence-electron chi connectivity index (χ2n) is 6.37. The Morgan fingerprint density at radius 3 is 2.61 bits per heavy atom. The number of nitrogens with one attached hydrogen (secondary N) is 1. The molecule has 1 N–H and O–H groups in total. The number of nitrogens with zero attached hydrogens (tertiary/aromatic N) is 2. The first-order valence-electron chi connectivity index (χ1n) is 9.02. The standard InChI is InChI=1S/C21H19N3O4/c25-20-10-8-17(23-24(20)14-15-5-2-1-3-6-15)21(26)22-16-7-9-18-19(13-16)28-12-4-11-27-18/h1-3,5-10,13H,4,11-12,14H2,(H,22,26). The molecule has 0 unspecified atom stereocenters. The van der Waals surface area contributed by atoms with Crippen LogP contribution in [-0.4, -0.2) is 28.9 Å². The van der Waals surface area contributed by atoms with Gasteiger partial charge in [-0.25, -0.2) is 4.68 Å². The largest absolute Gasteiger partial charge is 0.490 e. The molecule has 0 atom stereocenters. The van der Waals surface area contributed by atoms with E-state index >= 15 is 0 Å². The number of anilines is 1. The van der Waals surface area contributed by atoms with Crippen molar-refractivity contribution in [2.24, 2.45) is 0 Å². The smallest absolute Gasteiger partial charge is 0.276 e. The van der Waals surface area contributed by atoms with Crippen LogP contribution in [0.2, 0.25) is 0 Å². The SMILES string of the molecule is O=C(Nc1ccc2c(c1)OCCCO2)c1ccc(=O)n(Cc2ccccc2)n1. The van der Waals surface area contributed by atoms with Crippen molar-refractivity contribution in [2.75, 3.05) is 18.5 Å². The van der Waals surface area contributed by atoms with Gasteiger partial charge in [0.15, 0.2) is 11.5 Å². The van der Waals surface area contributed by atoms with Crippen LogP contribution in [0.15, 0.2) is 65.5 Å². The third kappa shape index (κ3) is 4.03. The first kappa shape index (κ1) is 17.8. The molecule has 0 aliphatic carbocycles. The van der Waals surface area contributed by atoms with Gasteiger partial charge in [0, 0.05) is 24.2 Å². The van der Waals surface area contributed by atoms with E-state index in [0.29, 0.717) is 36.9 Å². The molecule has 1 aliphatic heterocycles. The fourth-order valence-corrected chi connectivity index (χ4v) is 2.88. The van der Waals surface area contributed by atoms with Gasteiger partial charge in [0.25, 0.3) is 11.5 Å². The number of ether oxygens (including phenoxy) is 2. The predicted octanol–water partition coefficient (Wildman–Crippen LogP) is 2.71. The summed E-state index contributed by atoms with van der Waals surface area (Å²) in [7, 11) is 0. The summed E-state index contributed by atoms with van der Waals surface area (Å²) in [5.41, 5.74) is 1.38. The highest BCUT2D eigenvalue weighted by Crippen LogP contribution is 2.32. The van der Waals surface area contributed by atoms with Crippen molar-refractivity contribution < 1.29 is 14.3 Å². The zero-order valence-corrected chi connectivity index (χ0v) is 15.1. The number of hydrogen-bond donors (Lipinski definition) is 1. The zero-order valence-electron chi connectivity index (χ0n) is 15.1. The molecule has 28 heavy (non-hydrogen) atoms. The molecular weight excluding hydrogens is 358 g/mol. The van der Waals surface area contributed by atoms with Crippen molar-refractivity contribution >= 4 is 11.6 Å². The Balaban J connectivity index is 1.53. The van der Waals surface area contributed by atoms with E-state index in [1.807, 2.05) is 30.3 Å². The van der Waals surface area contributed by atoms with Crippen molar-refractivity contribution in [3.63, 3.8) is 0 Å². The predicted molar refractivity (Wildman–Crippen MR) is 104 cm³/mol. The highest BCUT2D eigenvalue weighted by atomic mass is 16.5. The summed E-state index contributed by atoms with van der Waals surface area (Å²) in [5, 5.41) is 6.99. The van der Waals surface area contributed by atoms with Crippen LogP contribution in [0.1, 0.15) is 22.5 Å². The molecule has 3 aromatic rings. The Hall–Kier alpha value is -3.61. The lowest BCUT2D eigenvalue weighted by Crippen LogP contribution is -2.26. The van der Waals surface area contributed by atoms with E-state index in [2.05, 4.69) is 10.4 Å². The summed E-state index contributed by atoms with van der Waals surface area (Å²) in [4.78, 5) is 24.7. The number of benzene rings is 2. The van der Waals surface area contributed by atoms with E-state index in [4.69, 9.17) is 9.47 Å². The molecule has 7 nitrogen and oxygen atoms in total. The molecule has 0 bridgehead atoms. The zero-order chi connectivity index (χ0) is 19.3. The number of carbonyl (C=O) groups is 1. The number of carbonyl (C=O) groups excluding carboxylic acids is 1. The van der Waals surface area contributed by atoms with Crippen LogP contribution >= 0.6 is 0 Å². The molecule has 7 heteroatoms. The monoisotopic (exact) mass is 377 g/mol. The first-order valence-corrected chi connectivity index (χ1v) is 9.02. The molecule has 2 heterocycles. The fourth-order valence-electron chi connectivity index (χ4n) is 2.88. The Labute approximate surface area is 161 Å². The van der Waals surface area contributed by atoms with E-state index in [9.17, 15) is 9.59 Å². The minimum absolute atomic E-state index is 0.155. The summed E-state index contributed by atoms with van der Waals surface area (Å²) in [6, 6.07) is 17.5. The summed E-state index contributed by atoms with van der Waals surface area (Å²) < 4.78 is 12.5. The molecule has 0 saturated heterocycles. The van der Waals surface area contributed by atoms with Crippen molar-refractivity contribution in [2.45, 2.75) is 13.0 Å². The van der Waals surface area contributed by atoms with Gasteiger partial charge in [-0.2, -0.15) is 5.10 Å². The second-order valence-corrected chi connectivity index (χ2v) is 6.37. The lowest BCUT2D eigenvalue weighted by molar-refractivity contribution is 0.102. The van der Waals surface area contributed by atoms with Gasteiger partial charge in [0.1, 0.15) is 5.69 Å². The average Bonchev–Trinajstić information content (AvgIpc) is 2.95. The molecule has 1 amide bonds. The van der Waals surface area contributed by atoms with Crippen LogP contribution < -0.4 is 20.3 Å². The number of fused-ring (bicyclic) bond motifs is 1. The Kier molecular flexibility index (Phi) is 5.05. The Morgan fingerprint density at radius 2 is 1.79 bits per heavy atom. The maximum Gasteiger partial charge on any atom is 0.276 e. The minimum atomic E-state index is -0.406. The third-order valence-corrected chi connectivity index (χ3v) is 4.28. The summed E-state index contributed by atoms with van der Waals surface area (Å²) >= 11 is 0. The third-order valence-electron chi connectivity index (χ3n) is 4.28. The number of hydrogen-bond acceptors (Lipinski definition) is 5. The summed E-state index contributed by atoms with van der Waals surface area (Å²) in [6.45, 7) is 1.47. The number of aromatic nitrogens is 2. The van der Waals surface area contributed by atoms with E-state index in [0.717, 1.165) is 12.0 Å². The molecule has 0 fully saturated rings. The molecule has 142 valence electrons.